The quantitative estimate of drug-likeness (QED) is 0.723. The molecule has 0 aliphatic carbocycles. The average molecular weight is 298 g/mol. The third-order valence-electron chi connectivity index (χ3n) is 4.11. The van der Waals surface area contributed by atoms with E-state index in [4.69, 9.17) is 0 Å². The first-order valence-corrected chi connectivity index (χ1v) is 7.71. The van der Waals surface area contributed by atoms with E-state index in [1.807, 2.05) is 0 Å². The summed E-state index contributed by atoms with van der Waals surface area (Å²) in [6.07, 6.45) is 4.30. The van der Waals surface area contributed by atoms with E-state index in [0.29, 0.717) is 18.2 Å². The summed E-state index contributed by atoms with van der Waals surface area (Å²) < 4.78 is 26.4. The van der Waals surface area contributed by atoms with Crippen LogP contribution in [-0.4, -0.2) is 42.3 Å². The summed E-state index contributed by atoms with van der Waals surface area (Å²) in [4.78, 5) is 2.34. The van der Waals surface area contributed by atoms with E-state index in [2.05, 4.69) is 10.2 Å². The number of hydrogen-bond acceptors (Lipinski definition) is 3. The van der Waals surface area contributed by atoms with Crippen LogP contribution in [0.5, 0.6) is 0 Å². The molecule has 1 aliphatic rings. The van der Waals surface area contributed by atoms with Crippen molar-refractivity contribution in [2.75, 3.05) is 26.2 Å². The van der Waals surface area contributed by atoms with Gasteiger partial charge < -0.3 is 10.4 Å². The van der Waals surface area contributed by atoms with Gasteiger partial charge in [-0.3, -0.25) is 4.90 Å². The standard InChI is InChI=1S/C16H24F2N2O/c17-15-7-3-5-13(16(15)18)11-19-8-1-2-9-20-10-4-6-14(20)12-21/h3,5,7,14,19,21H,1-2,4,6,8-12H2. The Morgan fingerprint density at radius 3 is 2.95 bits per heavy atom. The van der Waals surface area contributed by atoms with Crippen molar-refractivity contribution in [2.45, 2.75) is 38.3 Å². The molecule has 5 heteroatoms. The molecule has 1 unspecified atom stereocenters. The zero-order valence-corrected chi connectivity index (χ0v) is 12.3. The summed E-state index contributed by atoms with van der Waals surface area (Å²) in [5.74, 6) is -1.55. The van der Waals surface area contributed by atoms with E-state index in [-0.39, 0.29) is 6.61 Å². The van der Waals surface area contributed by atoms with Crippen molar-refractivity contribution in [3.8, 4) is 0 Å². The molecular weight excluding hydrogens is 274 g/mol. The van der Waals surface area contributed by atoms with Gasteiger partial charge in [-0.2, -0.15) is 0 Å². The maximum atomic E-state index is 13.4. The summed E-state index contributed by atoms with van der Waals surface area (Å²) >= 11 is 0. The number of aliphatic hydroxyl groups excluding tert-OH is 1. The first-order valence-electron chi connectivity index (χ1n) is 7.71. The number of nitrogens with one attached hydrogen (secondary N) is 1. The van der Waals surface area contributed by atoms with Gasteiger partial charge in [0.1, 0.15) is 0 Å². The van der Waals surface area contributed by atoms with Gasteiger partial charge in [-0.25, -0.2) is 8.78 Å². The normalized spacial score (nSPS) is 19.3. The Hall–Kier alpha value is -1.04. The fourth-order valence-corrected chi connectivity index (χ4v) is 2.87. The van der Waals surface area contributed by atoms with Crippen LogP contribution in [0.3, 0.4) is 0 Å². The van der Waals surface area contributed by atoms with Crippen molar-refractivity contribution >= 4 is 0 Å². The lowest BCUT2D eigenvalue weighted by molar-refractivity contribution is 0.157. The SMILES string of the molecule is OCC1CCCN1CCCCNCc1cccc(F)c1F. The molecule has 1 aliphatic heterocycles. The minimum absolute atomic E-state index is 0.247. The second kappa shape index (κ2) is 8.41. The Morgan fingerprint density at radius 2 is 2.14 bits per heavy atom. The predicted molar refractivity (Wildman–Crippen MR) is 79.0 cm³/mol. The number of halogens is 2. The number of aliphatic hydroxyl groups is 1. The molecule has 1 heterocycles. The van der Waals surface area contributed by atoms with Gasteiger partial charge in [0.2, 0.25) is 0 Å². The minimum atomic E-state index is -0.793. The number of unbranched alkanes of at least 4 members (excludes halogenated alkanes) is 1. The highest BCUT2D eigenvalue weighted by atomic mass is 19.2. The van der Waals surface area contributed by atoms with E-state index in [1.54, 1.807) is 6.07 Å². The van der Waals surface area contributed by atoms with E-state index in [1.165, 1.54) is 12.5 Å². The van der Waals surface area contributed by atoms with Gasteiger partial charge in [0.05, 0.1) is 6.61 Å². The molecule has 1 aromatic carbocycles. The third kappa shape index (κ3) is 4.73. The fraction of sp³-hybridized carbons (Fsp3) is 0.625. The first-order chi connectivity index (χ1) is 10.2. The number of rotatable bonds is 8. The number of nitrogens with zero attached hydrogens (tertiary/aromatic N) is 1. The Morgan fingerprint density at radius 1 is 1.29 bits per heavy atom. The van der Waals surface area contributed by atoms with E-state index >= 15 is 0 Å². The molecule has 0 spiro atoms. The second-order valence-electron chi connectivity index (χ2n) is 5.61. The highest BCUT2D eigenvalue weighted by Crippen LogP contribution is 2.17. The van der Waals surface area contributed by atoms with Crippen molar-refractivity contribution in [2.24, 2.45) is 0 Å². The Kier molecular flexibility index (Phi) is 6.54. The van der Waals surface area contributed by atoms with Crippen LogP contribution in [-0.2, 0) is 6.54 Å². The molecule has 0 bridgehead atoms. The van der Waals surface area contributed by atoms with Gasteiger partial charge >= 0.3 is 0 Å². The monoisotopic (exact) mass is 298 g/mol. The number of hydrogen-bond donors (Lipinski definition) is 2. The number of likely N-dealkylation sites (tertiary alicyclic amines) is 1. The Balaban J connectivity index is 1.59. The van der Waals surface area contributed by atoms with Gasteiger partial charge in [-0.15, -0.1) is 0 Å². The molecule has 2 rings (SSSR count). The molecule has 118 valence electrons. The molecular formula is C16H24F2N2O. The van der Waals surface area contributed by atoms with Crippen molar-refractivity contribution in [1.82, 2.24) is 10.2 Å². The Bertz CT molecular complexity index is 442. The molecule has 0 amide bonds. The molecule has 21 heavy (non-hydrogen) atoms. The van der Waals surface area contributed by atoms with Crippen molar-refractivity contribution in [3.05, 3.63) is 35.4 Å². The van der Waals surface area contributed by atoms with Gasteiger partial charge in [0, 0.05) is 18.2 Å². The molecule has 1 aromatic rings. The third-order valence-corrected chi connectivity index (χ3v) is 4.11. The zero-order chi connectivity index (χ0) is 15.1. The summed E-state index contributed by atoms with van der Waals surface area (Å²) in [7, 11) is 0. The smallest absolute Gasteiger partial charge is 0.163 e. The van der Waals surface area contributed by atoms with Crippen LogP contribution in [0.25, 0.3) is 0 Å². The van der Waals surface area contributed by atoms with E-state index in [9.17, 15) is 13.9 Å². The van der Waals surface area contributed by atoms with Gasteiger partial charge in [-0.1, -0.05) is 12.1 Å². The molecule has 2 N–H and O–H groups in total. The highest BCUT2D eigenvalue weighted by molar-refractivity contribution is 5.18. The molecule has 0 saturated carbocycles. The lowest BCUT2D eigenvalue weighted by Crippen LogP contribution is -2.33. The Labute approximate surface area is 125 Å². The van der Waals surface area contributed by atoms with Gasteiger partial charge in [0.25, 0.3) is 0 Å². The maximum Gasteiger partial charge on any atom is 0.163 e. The second-order valence-corrected chi connectivity index (χ2v) is 5.61. The average Bonchev–Trinajstić information content (AvgIpc) is 2.94. The summed E-state index contributed by atoms with van der Waals surface area (Å²) in [5, 5.41) is 12.4. The van der Waals surface area contributed by atoms with Crippen LogP contribution >= 0.6 is 0 Å². The zero-order valence-electron chi connectivity index (χ0n) is 12.3. The molecule has 1 saturated heterocycles. The largest absolute Gasteiger partial charge is 0.395 e. The van der Waals surface area contributed by atoms with Crippen molar-refractivity contribution < 1.29 is 13.9 Å². The predicted octanol–water partition coefficient (Wildman–Crippen LogP) is 2.29. The van der Waals surface area contributed by atoms with E-state index in [0.717, 1.165) is 45.0 Å². The van der Waals surface area contributed by atoms with Crippen molar-refractivity contribution in [1.29, 1.82) is 0 Å². The van der Waals surface area contributed by atoms with E-state index < -0.39 is 11.6 Å². The van der Waals surface area contributed by atoms with Crippen LogP contribution in [0.15, 0.2) is 18.2 Å². The fourth-order valence-electron chi connectivity index (χ4n) is 2.87. The topological polar surface area (TPSA) is 35.5 Å². The van der Waals surface area contributed by atoms with Gasteiger partial charge in [0.15, 0.2) is 11.6 Å². The summed E-state index contributed by atoms with van der Waals surface area (Å²) in [6.45, 7) is 3.46. The van der Waals surface area contributed by atoms with Crippen LogP contribution in [0, 0.1) is 11.6 Å². The molecule has 0 radical (unpaired) electrons. The molecule has 1 atom stereocenters. The maximum absolute atomic E-state index is 13.4. The summed E-state index contributed by atoms with van der Waals surface area (Å²) in [5.41, 5.74) is 0.370. The van der Waals surface area contributed by atoms with Crippen LogP contribution in [0.1, 0.15) is 31.2 Å². The lowest BCUT2D eigenvalue weighted by Gasteiger charge is -2.22. The molecule has 3 nitrogen and oxygen atoms in total. The van der Waals surface area contributed by atoms with Crippen LogP contribution in [0.4, 0.5) is 8.78 Å². The highest BCUT2D eigenvalue weighted by Gasteiger charge is 2.22. The van der Waals surface area contributed by atoms with Gasteiger partial charge in [-0.05, 0) is 51.4 Å². The van der Waals surface area contributed by atoms with Crippen LogP contribution < -0.4 is 5.32 Å². The number of benzene rings is 1. The first kappa shape index (κ1) is 16.3. The lowest BCUT2D eigenvalue weighted by atomic mass is 10.2. The summed E-state index contributed by atoms with van der Waals surface area (Å²) in [6, 6.07) is 4.59. The van der Waals surface area contributed by atoms with Crippen LogP contribution in [0.2, 0.25) is 0 Å². The molecule has 1 fully saturated rings. The van der Waals surface area contributed by atoms with Crippen molar-refractivity contribution in [3.63, 3.8) is 0 Å². The minimum Gasteiger partial charge on any atom is -0.395 e. The molecule has 0 aromatic heterocycles.